The Kier molecular flexibility index (Phi) is 5.67. The molecule has 2 heterocycles. The first-order valence-corrected chi connectivity index (χ1v) is 7.68. The average molecular weight is 293 g/mol. The van der Waals surface area contributed by atoms with Gasteiger partial charge in [-0.25, -0.2) is 0 Å². The lowest BCUT2D eigenvalue weighted by Crippen LogP contribution is -2.38. The van der Waals surface area contributed by atoms with E-state index in [-0.39, 0.29) is 0 Å². The van der Waals surface area contributed by atoms with Crippen LogP contribution in [0.1, 0.15) is 38.2 Å². The molecule has 0 bridgehead atoms. The van der Waals surface area contributed by atoms with Gasteiger partial charge in [0.15, 0.2) is 5.82 Å². The van der Waals surface area contributed by atoms with Crippen molar-refractivity contribution in [1.29, 1.82) is 0 Å². The fraction of sp³-hybridized carbons (Fsp3) is 0.643. The highest BCUT2D eigenvalue weighted by atomic mass is 32.1. The van der Waals surface area contributed by atoms with Crippen LogP contribution in [0.3, 0.4) is 0 Å². The number of aromatic nitrogens is 2. The first-order chi connectivity index (χ1) is 9.68. The van der Waals surface area contributed by atoms with E-state index in [1.54, 1.807) is 12.3 Å². The standard InChI is InChI=1S/C14H23N5S/c1-11-5-2-3-9-19(11)10-4-7-16-14-12(13(15)20)6-8-17-18-14/h6,8,11H,2-5,7,9-10H2,1H3,(H2,15,20)(H,16,18). The van der Waals surface area contributed by atoms with Crippen molar-refractivity contribution < 1.29 is 0 Å². The van der Waals surface area contributed by atoms with E-state index in [1.807, 2.05) is 0 Å². The van der Waals surface area contributed by atoms with E-state index < -0.39 is 0 Å². The molecule has 1 aromatic heterocycles. The smallest absolute Gasteiger partial charge is 0.158 e. The Hall–Kier alpha value is -1.27. The molecule has 0 radical (unpaired) electrons. The van der Waals surface area contributed by atoms with Gasteiger partial charge in [-0.05, 0) is 38.8 Å². The van der Waals surface area contributed by atoms with E-state index in [9.17, 15) is 0 Å². The Morgan fingerprint density at radius 1 is 1.55 bits per heavy atom. The van der Waals surface area contributed by atoms with Gasteiger partial charge in [0.05, 0.1) is 11.8 Å². The summed E-state index contributed by atoms with van der Waals surface area (Å²) in [5.74, 6) is 0.687. The van der Waals surface area contributed by atoms with Crippen molar-refractivity contribution in [2.75, 3.05) is 25.0 Å². The van der Waals surface area contributed by atoms with Crippen molar-refractivity contribution in [3.8, 4) is 0 Å². The summed E-state index contributed by atoms with van der Waals surface area (Å²) in [6.07, 6.45) is 6.70. The Balaban J connectivity index is 1.77. The number of nitrogens with one attached hydrogen (secondary N) is 1. The largest absolute Gasteiger partial charge is 0.389 e. The molecule has 0 aromatic carbocycles. The molecule has 110 valence electrons. The molecule has 0 spiro atoms. The second-order valence-electron chi connectivity index (χ2n) is 5.32. The van der Waals surface area contributed by atoms with Crippen LogP contribution in [0.2, 0.25) is 0 Å². The summed E-state index contributed by atoms with van der Waals surface area (Å²) in [4.78, 5) is 2.92. The van der Waals surface area contributed by atoms with Crippen LogP contribution >= 0.6 is 12.2 Å². The van der Waals surface area contributed by atoms with E-state index in [0.717, 1.165) is 25.1 Å². The lowest BCUT2D eigenvalue weighted by Gasteiger charge is -2.33. The molecule has 20 heavy (non-hydrogen) atoms. The first-order valence-electron chi connectivity index (χ1n) is 7.28. The van der Waals surface area contributed by atoms with Crippen LogP contribution < -0.4 is 11.1 Å². The summed E-state index contributed by atoms with van der Waals surface area (Å²) in [7, 11) is 0. The van der Waals surface area contributed by atoms with Crippen molar-refractivity contribution in [1.82, 2.24) is 15.1 Å². The van der Waals surface area contributed by atoms with E-state index >= 15 is 0 Å². The average Bonchev–Trinajstić information content (AvgIpc) is 2.45. The van der Waals surface area contributed by atoms with Gasteiger partial charge in [0.25, 0.3) is 0 Å². The topological polar surface area (TPSA) is 67.1 Å². The minimum absolute atomic E-state index is 0.354. The van der Waals surface area contributed by atoms with Crippen LogP contribution in [0, 0.1) is 0 Å². The molecule has 3 N–H and O–H groups in total. The molecular weight excluding hydrogens is 270 g/mol. The number of anilines is 1. The lowest BCUT2D eigenvalue weighted by molar-refractivity contribution is 0.160. The predicted molar refractivity (Wildman–Crippen MR) is 85.9 cm³/mol. The second kappa shape index (κ2) is 7.50. The van der Waals surface area contributed by atoms with Gasteiger partial charge < -0.3 is 16.0 Å². The molecule has 1 aliphatic rings. The van der Waals surface area contributed by atoms with E-state index in [0.29, 0.717) is 16.8 Å². The molecule has 0 amide bonds. The molecule has 1 aliphatic heterocycles. The summed E-state index contributed by atoms with van der Waals surface area (Å²) in [5, 5.41) is 11.2. The van der Waals surface area contributed by atoms with Crippen molar-refractivity contribution in [3.63, 3.8) is 0 Å². The Morgan fingerprint density at radius 2 is 2.40 bits per heavy atom. The van der Waals surface area contributed by atoms with Gasteiger partial charge in [0, 0.05) is 19.1 Å². The molecular formula is C14H23N5S. The third-order valence-corrected chi connectivity index (χ3v) is 4.06. The van der Waals surface area contributed by atoms with Gasteiger partial charge in [-0.15, -0.1) is 5.10 Å². The zero-order chi connectivity index (χ0) is 14.4. The van der Waals surface area contributed by atoms with Crippen LogP contribution in [-0.2, 0) is 0 Å². The Morgan fingerprint density at radius 3 is 3.15 bits per heavy atom. The number of hydrogen-bond acceptors (Lipinski definition) is 5. The van der Waals surface area contributed by atoms with E-state index in [1.165, 1.54) is 25.8 Å². The maximum atomic E-state index is 5.67. The number of rotatable bonds is 6. The molecule has 1 fully saturated rings. The van der Waals surface area contributed by atoms with E-state index in [2.05, 4.69) is 27.3 Å². The van der Waals surface area contributed by atoms with Gasteiger partial charge in [-0.1, -0.05) is 18.6 Å². The molecule has 6 heteroatoms. The zero-order valence-electron chi connectivity index (χ0n) is 12.0. The predicted octanol–water partition coefficient (Wildman–Crippen LogP) is 1.79. The second-order valence-corrected chi connectivity index (χ2v) is 5.76. The third-order valence-electron chi connectivity index (χ3n) is 3.84. The molecule has 2 rings (SSSR count). The van der Waals surface area contributed by atoms with Gasteiger partial charge >= 0.3 is 0 Å². The Bertz CT molecular complexity index is 451. The SMILES string of the molecule is CC1CCCCN1CCCNc1nnccc1C(N)=S. The maximum absolute atomic E-state index is 5.67. The summed E-state index contributed by atoms with van der Waals surface area (Å²) in [6, 6.07) is 2.51. The number of nitrogens with zero attached hydrogens (tertiary/aromatic N) is 3. The number of nitrogens with two attached hydrogens (primary N) is 1. The molecule has 1 aromatic rings. The summed E-state index contributed by atoms with van der Waals surface area (Å²) in [5.41, 5.74) is 6.43. The van der Waals surface area contributed by atoms with Crippen molar-refractivity contribution >= 4 is 23.0 Å². The minimum atomic E-state index is 0.354. The molecule has 0 saturated carbocycles. The fourth-order valence-corrected chi connectivity index (χ4v) is 2.80. The number of thiocarbonyl (C=S) groups is 1. The van der Waals surface area contributed by atoms with Gasteiger partial charge in [0.1, 0.15) is 4.99 Å². The molecule has 0 aliphatic carbocycles. The minimum Gasteiger partial charge on any atom is -0.389 e. The monoisotopic (exact) mass is 293 g/mol. The highest BCUT2D eigenvalue weighted by molar-refractivity contribution is 7.80. The zero-order valence-corrected chi connectivity index (χ0v) is 12.8. The quantitative estimate of drug-likeness (QED) is 0.616. The third kappa shape index (κ3) is 4.11. The highest BCUT2D eigenvalue weighted by Crippen LogP contribution is 2.16. The lowest BCUT2D eigenvalue weighted by atomic mass is 10.0. The summed E-state index contributed by atoms with van der Waals surface area (Å²) < 4.78 is 0. The maximum Gasteiger partial charge on any atom is 0.158 e. The van der Waals surface area contributed by atoms with Crippen molar-refractivity contribution in [2.24, 2.45) is 5.73 Å². The summed E-state index contributed by atoms with van der Waals surface area (Å²) >= 11 is 5.01. The van der Waals surface area contributed by atoms with Crippen LogP contribution in [0.25, 0.3) is 0 Å². The molecule has 5 nitrogen and oxygen atoms in total. The van der Waals surface area contributed by atoms with Gasteiger partial charge in [-0.2, -0.15) is 5.10 Å². The Labute approximate surface area is 125 Å². The van der Waals surface area contributed by atoms with Crippen LogP contribution in [0.5, 0.6) is 0 Å². The number of likely N-dealkylation sites (tertiary alicyclic amines) is 1. The normalized spacial score (nSPS) is 19.8. The summed E-state index contributed by atoms with van der Waals surface area (Å²) in [6.45, 7) is 5.53. The van der Waals surface area contributed by atoms with Crippen LogP contribution in [0.4, 0.5) is 5.82 Å². The first kappa shape index (κ1) is 15.1. The molecule has 1 atom stereocenters. The number of piperidine rings is 1. The van der Waals surface area contributed by atoms with E-state index in [4.69, 9.17) is 18.0 Å². The van der Waals surface area contributed by atoms with Crippen molar-refractivity contribution in [2.45, 2.75) is 38.6 Å². The van der Waals surface area contributed by atoms with Gasteiger partial charge in [0.2, 0.25) is 0 Å². The number of hydrogen-bond donors (Lipinski definition) is 2. The molecule has 1 saturated heterocycles. The van der Waals surface area contributed by atoms with Gasteiger partial charge in [-0.3, -0.25) is 0 Å². The van der Waals surface area contributed by atoms with Crippen molar-refractivity contribution in [3.05, 3.63) is 17.8 Å². The molecule has 1 unspecified atom stereocenters. The van der Waals surface area contributed by atoms with Crippen LogP contribution in [0.15, 0.2) is 12.3 Å². The highest BCUT2D eigenvalue weighted by Gasteiger charge is 2.17. The van der Waals surface area contributed by atoms with Crippen LogP contribution in [-0.4, -0.2) is 45.8 Å². The fourth-order valence-electron chi connectivity index (χ4n) is 2.64.